The highest BCUT2D eigenvalue weighted by Gasteiger charge is 2.17. The zero-order valence-corrected chi connectivity index (χ0v) is 10.7. The van der Waals surface area contributed by atoms with Crippen LogP contribution in [0.5, 0.6) is 0 Å². The van der Waals surface area contributed by atoms with Crippen molar-refractivity contribution in [3.05, 3.63) is 48.1 Å². The normalized spacial score (nSPS) is 12.3. The fourth-order valence-electron chi connectivity index (χ4n) is 1.63. The Hall–Kier alpha value is -1.88. The van der Waals surface area contributed by atoms with Gasteiger partial charge in [0.1, 0.15) is 6.04 Å². The summed E-state index contributed by atoms with van der Waals surface area (Å²) >= 11 is 0. The van der Waals surface area contributed by atoms with Crippen LogP contribution in [0.1, 0.15) is 36.5 Å². The summed E-state index contributed by atoms with van der Waals surface area (Å²) < 4.78 is 0. The first-order valence-electron chi connectivity index (χ1n) is 6.09. The average Bonchev–Trinajstić information content (AvgIpc) is 2.42. The molecule has 0 bridgehead atoms. The summed E-state index contributed by atoms with van der Waals surface area (Å²) in [4.78, 5) is 17.2. The second-order valence-corrected chi connectivity index (χ2v) is 4.14. The molecule has 0 saturated carbocycles. The molecule has 18 heavy (non-hydrogen) atoms. The Bertz CT molecular complexity index is 469. The number of rotatable bonds is 5. The third-order valence-corrected chi connectivity index (χ3v) is 2.54. The number of nitrogens with one attached hydrogen (secondary N) is 1. The van der Waals surface area contributed by atoms with Gasteiger partial charge in [-0.1, -0.05) is 6.92 Å². The van der Waals surface area contributed by atoms with Crippen molar-refractivity contribution in [2.75, 3.05) is 6.54 Å². The number of aryl methyl sites for hydroxylation is 1. The molecule has 0 aliphatic rings. The standard InChI is InChI=1S/C13H17N5/c1-3-4-16-12(11-9-14-5-6-15-11)13-17-7-10(2)8-18-13/h5-9,12,16H,3-4H2,1-2H3. The van der Waals surface area contributed by atoms with Gasteiger partial charge < -0.3 is 5.32 Å². The molecule has 5 heteroatoms. The largest absolute Gasteiger partial charge is 0.302 e. The summed E-state index contributed by atoms with van der Waals surface area (Å²) in [5.41, 5.74) is 1.89. The van der Waals surface area contributed by atoms with E-state index in [1.54, 1.807) is 18.6 Å². The lowest BCUT2D eigenvalue weighted by Crippen LogP contribution is -2.26. The average molecular weight is 243 g/mol. The molecule has 5 nitrogen and oxygen atoms in total. The van der Waals surface area contributed by atoms with Crippen molar-refractivity contribution in [3.63, 3.8) is 0 Å². The van der Waals surface area contributed by atoms with E-state index in [1.807, 2.05) is 19.3 Å². The molecule has 0 aliphatic carbocycles. The highest BCUT2D eigenvalue weighted by molar-refractivity contribution is 5.15. The Balaban J connectivity index is 2.27. The summed E-state index contributed by atoms with van der Waals surface area (Å²) in [6.07, 6.45) is 9.78. The van der Waals surface area contributed by atoms with E-state index in [-0.39, 0.29) is 6.04 Å². The molecule has 1 unspecified atom stereocenters. The van der Waals surface area contributed by atoms with Crippen LogP contribution in [0, 0.1) is 6.92 Å². The quantitative estimate of drug-likeness (QED) is 0.865. The van der Waals surface area contributed by atoms with Crippen molar-refractivity contribution >= 4 is 0 Å². The van der Waals surface area contributed by atoms with E-state index in [1.165, 1.54) is 0 Å². The zero-order chi connectivity index (χ0) is 12.8. The van der Waals surface area contributed by atoms with E-state index in [9.17, 15) is 0 Å². The monoisotopic (exact) mass is 243 g/mol. The van der Waals surface area contributed by atoms with Gasteiger partial charge in [-0.15, -0.1) is 0 Å². The lowest BCUT2D eigenvalue weighted by molar-refractivity contribution is 0.558. The maximum atomic E-state index is 4.37. The van der Waals surface area contributed by atoms with E-state index >= 15 is 0 Å². The zero-order valence-electron chi connectivity index (χ0n) is 10.7. The molecule has 0 radical (unpaired) electrons. The Morgan fingerprint density at radius 3 is 2.50 bits per heavy atom. The summed E-state index contributed by atoms with van der Waals surface area (Å²) in [5.74, 6) is 0.731. The lowest BCUT2D eigenvalue weighted by atomic mass is 10.2. The molecule has 2 aromatic rings. The predicted molar refractivity (Wildman–Crippen MR) is 68.9 cm³/mol. The van der Waals surface area contributed by atoms with Gasteiger partial charge in [-0.2, -0.15) is 0 Å². The Kier molecular flexibility index (Phi) is 4.30. The molecular formula is C13H17N5. The summed E-state index contributed by atoms with van der Waals surface area (Å²) in [6, 6.07) is -0.0979. The lowest BCUT2D eigenvalue weighted by Gasteiger charge is -2.16. The number of nitrogens with zero attached hydrogens (tertiary/aromatic N) is 4. The van der Waals surface area contributed by atoms with Gasteiger partial charge in [-0.25, -0.2) is 9.97 Å². The van der Waals surface area contributed by atoms with Crippen LogP contribution in [0.25, 0.3) is 0 Å². The van der Waals surface area contributed by atoms with Gasteiger partial charge in [-0.05, 0) is 25.5 Å². The molecular weight excluding hydrogens is 226 g/mol. The topological polar surface area (TPSA) is 63.6 Å². The van der Waals surface area contributed by atoms with Crippen molar-refractivity contribution in [2.45, 2.75) is 26.3 Å². The van der Waals surface area contributed by atoms with Crippen LogP contribution in [0.3, 0.4) is 0 Å². The van der Waals surface area contributed by atoms with Gasteiger partial charge in [0, 0.05) is 24.8 Å². The first-order valence-corrected chi connectivity index (χ1v) is 6.09. The van der Waals surface area contributed by atoms with Gasteiger partial charge in [0.25, 0.3) is 0 Å². The first-order chi connectivity index (χ1) is 8.81. The Labute approximate surface area is 107 Å². The SMILES string of the molecule is CCCNC(c1cnccn1)c1ncc(C)cn1. The minimum absolute atomic E-state index is 0.0979. The van der Waals surface area contributed by atoms with Gasteiger partial charge >= 0.3 is 0 Å². The molecule has 0 aromatic carbocycles. The number of aromatic nitrogens is 4. The molecule has 2 heterocycles. The molecule has 0 spiro atoms. The Morgan fingerprint density at radius 1 is 1.11 bits per heavy atom. The van der Waals surface area contributed by atoms with Gasteiger partial charge in [0.2, 0.25) is 0 Å². The summed E-state index contributed by atoms with van der Waals surface area (Å²) in [6.45, 7) is 4.98. The second-order valence-electron chi connectivity index (χ2n) is 4.14. The van der Waals surface area contributed by atoms with Gasteiger partial charge in [0.05, 0.1) is 11.9 Å². The van der Waals surface area contributed by atoms with Crippen LogP contribution in [-0.4, -0.2) is 26.5 Å². The maximum Gasteiger partial charge on any atom is 0.151 e. The van der Waals surface area contributed by atoms with Crippen molar-refractivity contribution < 1.29 is 0 Å². The first kappa shape index (κ1) is 12.6. The maximum absolute atomic E-state index is 4.37. The number of hydrogen-bond acceptors (Lipinski definition) is 5. The molecule has 2 rings (SSSR count). The fraction of sp³-hybridized carbons (Fsp3) is 0.385. The summed E-state index contributed by atoms with van der Waals surface area (Å²) in [5, 5.41) is 3.39. The smallest absolute Gasteiger partial charge is 0.151 e. The second kappa shape index (κ2) is 6.16. The molecule has 1 N–H and O–H groups in total. The molecule has 1 atom stereocenters. The van der Waals surface area contributed by atoms with Crippen LogP contribution in [0.4, 0.5) is 0 Å². The van der Waals surface area contributed by atoms with Crippen LogP contribution >= 0.6 is 0 Å². The number of hydrogen-bond donors (Lipinski definition) is 1. The molecule has 2 aromatic heterocycles. The molecule has 0 fully saturated rings. The Morgan fingerprint density at radius 2 is 1.89 bits per heavy atom. The van der Waals surface area contributed by atoms with E-state index in [2.05, 4.69) is 32.2 Å². The van der Waals surface area contributed by atoms with Crippen molar-refractivity contribution in [1.29, 1.82) is 0 Å². The third kappa shape index (κ3) is 3.07. The van der Waals surface area contributed by atoms with E-state index in [4.69, 9.17) is 0 Å². The van der Waals surface area contributed by atoms with Gasteiger partial charge in [0.15, 0.2) is 5.82 Å². The predicted octanol–water partition coefficient (Wildman–Crippen LogP) is 1.66. The van der Waals surface area contributed by atoms with Crippen LogP contribution < -0.4 is 5.32 Å². The summed E-state index contributed by atoms with van der Waals surface area (Å²) in [7, 11) is 0. The minimum Gasteiger partial charge on any atom is -0.302 e. The van der Waals surface area contributed by atoms with Crippen molar-refractivity contribution in [3.8, 4) is 0 Å². The van der Waals surface area contributed by atoms with Crippen LogP contribution in [-0.2, 0) is 0 Å². The fourth-order valence-corrected chi connectivity index (χ4v) is 1.63. The molecule has 0 saturated heterocycles. The highest BCUT2D eigenvalue weighted by atomic mass is 15.0. The highest BCUT2D eigenvalue weighted by Crippen LogP contribution is 2.15. The van der Waals surface area contributed by atoms with Crippen molar-refractivity contribution in [2.24, 2.45) is 0 Å². The minimum atomic E-state index is -0.0979. The van der Waals surface area contributed by atoms with Crippen LogP contribution in [0.2, 0.25) is 0 Å². The van der Waals surface area contributed by atoms with Crippen molar-refractivity contribution in [1.82, 2.24) is 25.3 Å². The van der Waals surface area contributed by atoms with Gasteiger partial charge in [-0.3, -0.25) is 9.97 Å². The third-order valence-electron chi connectivity index (χ3n) is 2.54. The van der Waals surface area contributed by atoms with Crippen LogP contribution in [0.15, 0.2) is 31.0 Å². The molecule has 94 valence electrons. The van der Waals surface area contributed by atoms with E-state index in [0.29, 0.717) is 0 Å². The van der Waals surface area contributed by atoms with E-state index < -0.39 is 0 Å². The van der Waals surface area contributed by atoms with E-state index in [0.717, 1.165) is 30.0 Å². The molecule has 0 amide bonds. The molecule has 0 aliphatic heterocycles.